The first-order valence-electron chi connectivity index (χ1n) is 5.48. The van der Waals surface area contributed by atoms with E-state index < -0.39 is 0 Å². The summed E-state index contributed by atoms with van der Waals surface area (Å²) < 4.78 is 0. The van der Waals surface area contributed by atoms with E-state index in [9.17, 15) is 0 Å². The van der Waals surface area contributed by atoms with Gasteiger partial charge in [-0.3, -0.25) is 0 Å². The summed E-state index contributed by atoms with van der Waals surface area (Å²) in [7, 11) is 3.63. The zero-order valence-corrected chi connectivity index (χ0v) is 10.1. The Morgan fingerprint density at radius 1 is 0.929 bits per heavy atom. The first kappa shape index (κ1) is 19.5. The molecular formula is C12H31NO. The van der Waals surface area contributed by atoms with E-state index >= 15 is 0 Å². The van der Waals surface area contributed by atoms with Crippen LogP contribution in [0.5, 0.6) is 0 Å². The molecule has 14 heavy (non-hydrogen) atoms. The predicted molar refractivity (Wildman–Crippen MR) is 66.5 cm³/mol. The maximum absolute atomic E-state index is 4.89. The first-order chi connectivity index (χ1) is 6.22. The van der Waals surface area contributed by atoms with Crippen molar-refractivity contribution < 1.29 is 4.84 Å². The minimum atomic E-state index is 0. The standard InChI is InChI=1S/C6H15NO.C5H12.CH4/c1-4-5-6-7(2)8-3;1-3-5-4-2;/h4-6H2,1-3H3;3-5H2,1-2H3;1H4. The van der Waals surface area contributed by atoms with Crippen molar-refractivity contribution in [1.82, 2.24) is 5.06 Å². The topological polar surface area (TPSA) is 12.5 Å². The molecule has 90 valence electrons. The molecule has 0 fully saturated rings. The lowest BCUT2D eigenvalue weighted by Gasteiger charge is -2.11. The summed E-state index contributed by atoms with van der Waals surface area (Å²) in [6.45, 7) is 7.63. The smallest absolute Gasteiger partial charge is 0.0575 e. The van der Waals surface area contributed by atoms with Crippen LogP contribution >= 0.6 is 0 Å². The number of hydrogen-bond acceptors (Lipinski definition) is 2. The Kier molecular flexibility index (Phi) is 26.0. The molecule has 0 bridgehead atoms. The summed E-state index contributed by atoms with van der Waals surface area (Å²) in [5.41, 5.74) is 0. The van der Waals surface area contributed by atoms with Gasteiger partial charge in [0.25, 0.3) is 0 Å². The largest absolute Gasteiger partial charge is 0.303 e. The van der Waals surface area contributed by atoms with Crippen molar-refractivity contribution >= 4 is 0 Å². The number of hydrogen-bond donors (Lipinski definition) is 0. The van der Waals surface area contributed by atoms with Gasteiger partial charge in [-0.25, -0.2) is 0 Å². The summed E-state index contributed by atoms with van der Waals surface area (Å²) in [6.07, 6.45) is 6.52. The van der Waals surface area contributed by atoms with Crippen molar-refractivity contribution in [3.05, 3.63) is 0 Å². The molecule has 0 amide bonds. The van der Waals surface area contributed by atoms with Gasteiger partial charge in [0.1, 0.15) is 0 Å². The van der Waals surface area contributed by atoms with Crippen LogP contribution in [0, 0.1) is 0 Å². The second-order valence-corrected chi connectivity index (χ2v) is 3.24. The summed E-state index contributed by atoms with van der Waals surface area (Å²) in [4.78, 5) is 4.89. The molecule has 0 rings (SSSR count). The Balaban J connectivity index is -0.000000177. The maximum Gasteiger partial charge on any atom is 0.0575 e. The van der Waals surface area contributed by atoms with Gasteiger partial charge in [0.15, 0.2) is 0 Å². The number of unbranched alkanes of at least 4 members (excludes halogenated alkanes) is 3. The van der Waals surface area contributed by atoms with Gasteiger partial charge in [0.2, 0.25) is 0 Å². The number of rotatable bonds is 6. The molecule has 0 aliphatic rings. The van der Waals surface area contributed by atoms with Crippen LogP contribution in [-0.2, 0) is 4.84 Å². The zero-order chi connectivity index (χ0) is 10.5. The lowest BCUT2D eigenvalue weighted by atomic mass is 10.3. The number of hydroxylamine groups is 2. The molecule has 0 aromatic carbocycles. The molecule has 0 spiro atoms. The zero-order valence-electron chi connectivity index (χ0n) is 10.1. The van der Waals surface area contributed by atoms with Crippen molar-refractivity contribution in [2.75, 3.05) is 20.7 Å². The van der Waals surface area contributed by atoms with Gasteiger partial charge in [-0.2, -0.15) is 5.06 Å². The van der Waals surface area contributed by atoms with Crippen LogP contribution in [0.1, 0.15) is 60.3 Å². The van der Waals surface area contributed by atoms with E-state index in [1.165, 1.54) is 32.1 Å². The Morgan fingerprint density at radius 3 is 1.57 bits per heavy atom. The molecule has 0 radical (unpaired) electrons. The highest BCUT2D eigenvalue weighted by Crippen LogP contribution is 1.89. The van der Waals surface area contributed by atoms with E-state index in [2.05, 4.69) is 20.8 Å². The van der Waals surface area contributed by atoms with Crippen LogP contribution < -0.4 is 0 Å². The van der Waals surface area contributed by atoms with E-state index in [1.807, 2.05) is 12.1 Å². The van der Waals surface area contributed by atoms with Gasteiger partial charge in [0.05, 0.1) is 7.11 Å². The molecule has 0 unspecified atom stereocenters. The lowest BCUT2D eigenvalue weighted by Crippen LogP contribution is -2.17. The summed E-state index contributed by atoms with van der Waals surface area (Å²) in [6, 6.07) is 0. The third kappa shape index (κ3) is 22.7. The van der Waals surface area contributed by atoms with E-state index in [0.29, 0.717) is 0 Å². The van der Waals surface area contributed by atoms with Gasteiger partial charge >= 0.3 is 0 Å². The van der Waals surface area contributed by atoms with Gasteiger partial charge < -0.3 is 4.84 Å². The third-order valence-corrected chi connectivity index (χ3v) is 1.85. The summed E-state index contributed by atoms with van der Waals surface area (Å²) >= 11 is 0. The molecule has 0 N–H and O–H groups in total. The van der Waals surface area contributed by atoms with Crippen LogP contribution in [-0.4, -0.2) is 25.8 Å². The predicted octanol–water partition coefficient (Wildman–Crippen LogP) is 4.11. The quantitative estimate of drug-likeness (QED) is 0.605. The highest BCUT2D eigenvalue weighted by atomic mass is 16.7. The lowest BCUT2D eigenvalue weighted by molar-refractivity contribution is -0.109. The second-order valence-electron chi connectivity index (χ2n) is 3.24. The Morgan fingerprint density at radius 2 is 1.36 bits per heavy atom. The van der Waals surface area contributed by atoms with Crippen LogP contribution in [0.4, 0.5) is 0 Å². The molecule has 2 heteroatoms. The SMILES string of the molecule is C.CCCCC.CCCCN(C)OC. The Hall–Kier alpha value is -0.0800. The molecular weight excluding hydrogens is 174 g/mol. The summed E-state index contributed by atoms with van der Waals surface area (Å²) in [5, 5.41) is 1.84. The van der Waals surface area contributed by atoms with E-state index in [1.54, 1.807) is 7.11 Å². The fourth-order valence-electron chi connectivity index (χ4n) is 0.826. The van der Waals surface area contributed by atoms with Crippen LogP contribution in [0.15, 0.2) is 0 Å². The molecule has 0 aliphatic carbocycles. The van der Waals surface area contributed by atoms with Crippen LogP contribution in [0.2, 0.25) is 0 Å². The van der Waals surface area contributed by atoms with Gasteiger partial charge in [-0.15, -0.1) is 0 Å². The van der Waals surface area contributed by atoms with Crippen molar-refractivity contribution in [1.29, 1.82) is 0 Å². The normalized spacial score (nSPS) is 9.00. The summed E-state index contributed by atoms with van der Waals surface area (Å²) in [5.74, 6) is 0. The monoisotopic (exact) mass is 205 g/mol. The molecule has 0 atom stereocenters. The minimum Gasteiger partial charge on any atom is -0.303 e. The van der Waals surface area contributed by atoms with Crippen LogP contribution in [0.25, 0.3) is 0 Å². The third-order valence-electron chi connectivity index (χ3n) is 1.85. The Bertz CT molecular complexity index is 74.7. The Labute approximate surface area is 91.6 Å². The average Bonchev–Trinajstić information content (AvgIpc) is 2.16. The van der Waals surface area contributed by atoms with E-state index in [4.69, 9.17) is 4.84 Å². The number of nitrogens with zero attached hydrogens (tertiary/aromatic N) is 1. The molecule has 0 aliphatic heterocycles. The molecule has 0 aromatic heterocycles. The van der Waals surface area contributed by atoms with E-state index in [-0.39, 0.29) is 7.43 Å². The van der Waals surface area contributed by atoms with Crippen molar-refractivity contribution in [3.8, 4) is 0 Å². The van der Waals surface area contributed by atoms with E-state index in [0.717, 1.165) is 6.54 Å². The first-order valence-corrected chi connectivity index (χ1v) is 5.48. The fourth-order valence-corrected chi connectivity index (χ4v) is 0.826. The van der Waals surface area contributed by atoms with Gasteiger partial charge in [-0.05, 0) is 6.42 Å². The molecule has 0 aromatic rings. The van der Waals surface area contributed by atoms with Gasteiger partial charge in [-0.1, -0.05) is 53.9 Å². The highest BCUT2D eigenvalue weighted by molar-refractivity contribution is 4.35. The molecule has 0 heterocycles. The van der Waals surface area contributed by atoms with Gasteiger partial charge in [0, 0.05) is 13.6 Å². The van der Waals surface area contributed by atoms with Crippen molar-refractivity contribution in [2.45, 2.75) is 60.3 Å². The molecule has 0 saturated heterocycles. The van der Waals surface area contributed by atoms with Crippen molar-refractivity contribution in [2.24, 2.45) is 0 Å². The maximum atomic E-state index is 4.89. The van der Waals surface area contributed by atoms with Crippen molar-refractivity contribution in [3.63, 3.8) is 0 Å². The molecule has 2 nitrogen and oxygen atoms in total. The second kappa shape index (κ2) is 18.7. The minimum absolute atomic E-state index is 0. The molecule has 0 saturated carbocycles. The highest BCUT2D eigenvalue weighted by Gasteiger charge is 1.90. The fraction of sp³-hybridized carbons (Fsp3) is 1.00. The average molecular weight is 205 g/mol. The van der Waals surface area contributed by atoms with Crippen LogP contribution in [0.3, 0.4) is 0 Å².